The van der Waals surface area contributed by atoms with Gasteiger partial charge in [0.1, 0.15) is 0 Å². The number of carbonyl (C=O) groups excluding carboxylic acids is 1. The van der Waals surface area contributed by atoms with Crippen LogP contribution in [0.3, 0.4) is 0 Å². The molecule has 0 saturated carbocycles. The monoisotopic (exact) mass is 236 g/mol. The van der Waals surface area contributed by atoms with Gasteiger partial charge in [-0.15, -0.1) is 0 Å². The van der Waals surface area contributed by atoms with Gasteiger partial charge in [0.2, 0.25) is 5.91 Å². The first-order chi connectivity index (χ1) is 8.17. The van der Waals surface area contributed by atoms with E-state index in [-0.39, 0.29) is 18.4 Å². The highest BCUT2D eigenvalue weighted by Crippen LogP contribution is 2.12. The maximum absolute atomic E-state index is 11.7. The largest absolute Gasteiger partial charge is 0.396 e. The average Bonchev–Trinajstić information content (AvgIpc) is 2.32. The third kappa shape index (κ3) is 4.54. The average molecular weight is 236 g/mol. The number of nitrogens with two attached hydrogens (primary N) is 1. The minimum atomic E-state index is -0.0721. The summed E-state index contributed by atoms with van der Waals surface area (Å²) in [4.78, 5) is 11.7. The van der Waals surface area contributed by atoms with Crippen LogP contribution in [0, 0.1) is 5.92 Å². The number of aliphatic hydroxyl groups excluding tert-OH is 1. The lowest BCUT2D eigenvalue weighted by Crippen LogP contribution is -2.22. The van der Waals surface area contributed by atoms with Gasteiger partial charge >= 0.3 is 0 Å². The number of hydrogen-bond acceptors (Lipinski definition) is 3. The Bertz CT molecular complexity index is 349. The SMILES string of the molecule is CC(CCN)C(=O)Nc1ccc(CCO)cc1. The summed E-state index contributed by atoms with van der Waals surface area (Å²) in [6.07, 6.45) is 1.33. The van der Waals surface area contributed by atoms with Gasteiger partial charge in [0, 0.05) is 18.2 Å². The number of aliphatic hydroxyl groups is 1. The highest BCUT2D eigenvalue weighted by atomic mass is 16.2. The highest BCUT2D eigenvalue weighted by Gasteiger charge is 2.11. The van der Waals surface area contributed by atoms with Crippen LogP contribution in [0.5, 0.6) is 0 Å². The topological polar surface area (TPSA) is 75.4 Å². The summed E-state index contributed by atoms with van der Waals surface area (Å²) in [5.74, 6) is -0.0810. The minimum absolute atomic E-state index is 0.00893. The molecule has 0 radical (unpaired) electrons. The van der Waals surface area contributed by atoms with Crippen molar-refractivity contribution in [1.29, 1.82) is 0 Å². The summed E-state index contributed by atoms with van der Waals surface area (Å²) in [6.45, 7) is 2.52. The van der Waals surface area contributed by atoms with Gasteiger partial charge in [0.15, 0.2) is 0 Å². The molecule has 4 nitrogen and oxygen atoms in total. The lowest BCUT2D eigenvalue weighted by Gasteiger charge is -2.11. The molecular formula is C13H20N2O2. The molecule has 0 spiro atoms. The van der Waals surface area contributed by atoms with Crippen LogP contribution in [0.4, 0.5) is 5.69 Å². The van der Waals surface area contributed by atoms with Crippen molar-refractivity contribution in [3.8, 4) is 0 Å². The molecule has 0 aliphatic carbocycles. The molecule has 0 saturated heterocycles. The Morgan fingerprint density at radius 3 is 2.59 bits per heavy atom. The molecule has 17 heavy (non-hydrogen) atoms. The smallest absolute Gasteiger partial charge is 0.227 e. The molecule has 94 valence electrons. The lowest BCUT2D eigenvalue weighted by molar-refractivity contribution is -0.119. The van der Waals surface area contributed by atoms with Crippen LogP contribution < -0.4 is 11.1 Å². The summed E-state index contributed by atoms with van der Waals surface area (Å²) < 4.78 is 0. The standard InChI is InChI=1S/C13H20N2O2/c1-10(6-8-14)13(17)15-12-4-2-11(3-5-12)7-9-16/h2-5,10,16H,6-9,14H2,1H3,(H,15,17). The fourth-order valence-corrected chi connectivity index (χ4v) is 1.53. The molecule has 1 atom stereocenters. The molecular weight excluding hydrogens is 216 g/mol. The van der Waals surface area contributed by atoms with Crippen LogP contribution >= 0.6 is 0 Å². The van der Waals surface area contributed by atoms with Gasteiger partial charge in [-0.2, -0.15) is 0 Å². The summed E-state index contributed by atoms with van der Waals surface area (Å²) in [5.41, 5.74) is 7.24. The van der Waals surface area contributed by atoms with E-state index in [1.807, 2.05) is 31.2 Å². The van der Waals surface area contributed by atoms with Crippen molar-refractivity contribution in [1.82, 2.24) is 0 Å². The van der Waals surface area contributed by atoms with Crippen LogP contribution in [0.2, 0.25) is 0 Å². The number of anilines is 1. The number of benzene rings is 1. The predicted molar refractivity (Wildman–Crippen MR) is 68.7 cm³/mol. The Morgan fingerprint density at radius 2 is 2.06 bits per heavy atom. The lowest BCUT2D eigenvalue weighted by atomic mass is 10.1. The van der Waals surface area contributed by atoms with E-state index in [4.69, 9.17) is 10.8 Å². The Kier molecular flexibility index (Phi) is 5.66. The van der Waals surface area contributed by atoms with Crippen LogP contribution in [0.25, 0.3) is 0 Å². The van der Waals surface area contributed by atoms with Crippen molar-refractivity contribution in [2.45, 2.75) is 19.8 Å². The van der Waals surface area contributed by atoms with Gasteiger partial charge < -0.3 is 16.2 Å². The second-order valence-corrected chi connectivity index (χ2v) is 4.14. The fourth-order valence-electron chi connectivity index (χ4n) is 1.53. The minimum Gasteiger partial charge on any atom is -0.396 e. The van der Waals surface area contributed by atoms with E-state index in [2.05, 4.69) is 5.32 Å². The Labute approximate surface area is 102 Å². The number of amides is 1. The summed E-state index contributed by atoms with van der Waals surface area (Å²) in [6, 6.07) is 7.50. The molecule has 0 aliphatic rings. The number of rotatable bonds is 6. The van der Waals surface area contributed by atoms with Crippen molar-refractivity contribution in [2.24, 2.45) is 11.7 Å². The molecule has 0 heterocycles. The number of carbonyl (C=O) groups is 1. The van der Waals surface area contributed by atoms with Crippen LogP contribution in [0.1, 0.15) is 18.9 Å². The zero-order chi connectivity index (χ0) is 12.7. The van der Waals surface area contributed by atoms with Crippen molar-refractivity contribution in [3.63, 3.8) is 0 Å². The van der Waals surface area contributed by atoms with Crippen molar-refractivity contribution in [3.05, 3.63) is 29.8 Å². The van der Waals surface area contributed by atoms with Crippen LogP contribution in [-0.2, 0) is 11.2 Å². The molecule has 4 heteroatoms. The van der Waals surface area contributed by atoms with Gasteiger partial charge in [-0.25, -0.2) is 0 Å². The van der Waals surface area contributed by atoms with Gasteiger partial charge in [0.25, 0.3) is 0 Å². The molecule has 4 N–H and O–H groups in total. The van der Waals surface area contributed by atoms with E-state index in [0.717, 1.165) is 11.3 Å². The molecule has 1 aromatic rings. The zero-order valence-corrected chi connectivity index (χ0v) is 10.1. The summed E-state index contributed by atoms with van der Waals surface area (Å²) in [7, 11) is 0. The molecule has 1 aromatic carbocycles. The Morgan fingerprint density at radius 1 is 1.41 bits per heavy atom. The number of hydrogen-bond donors (Lipinski definition) is 3. The molecule has 0 aliphatic heterocycles. The second-order valence-electron chi connectivity index (χ2n) is 4.14. The summed E-state index contributed by atoms with van der Waals surface area (Å²) >= 11 is 0. The van der Waals surface area contributed by atoms with Gasteiger partial charge in [-0.1, -0.05) is 19.1 Å². The molecule has 1 amide bonds. The van der Waals surface area contributed by atoms with Gasteiger partial charge in [-0.05, 0) is 37.1 Å². The van der Waals surface area contributed by atoms with Crippen LogP contribution in [0.15, 0.2) is 24.3 Å². The quantitative estimate of drug-likeness (QED) is 0.693. The maximum Gasteiger partial charge on any atom is 0.227 e. The highest BCUT2D eigenvalue weighted by molar-refractivity contribution is 5.92. The summed E-state index contributed by atoms with van der Waals surface area (Å²) in [5, 5.41) is 11.6. The first kappa shape index (κ1) is 13.7. The number of nitrogens with one attached hydrogen (secondary N) is 1. The van der Waals surface area contributed by atoms with E-state index in [1.54, 1.807) is 0 Å². The normalized spacial score (nSPS) is 12.2. The second kappa shape index (κ2) is 7.04. The van der Waals surface area contributed by atoms with Crippen molar-refractivity contribution < 1.29 is 9.90 Å². The maximum atomic E-state index is 11.7. The predicted octanol–water partition coefficient (Wildman–Crippen LogP) is 1.14. The van der Waals surface area contributed by atoms with Crippen molar-refractivity contribution >= 4 is 11.6 Å². The fraction of sp³-hybridized carbons (Fsp3) is 0.462. The Balaban J connectivity index is 2.53. The Hall–Kier alpha value is -1.39. The van der Waals surface area contributed by atoms with Gasteiger partial charge in [-0.3, -0.25) is 4.79 Å². The molecule has 1 unspecified atom stereocenters. The first-order valence-corrected chi connectivity index (χ1v) is 5.88. The third-order valence-electron chi connectivity index (χ3n) is 2.67. The first-order valence-electron chi connectivity index (χ1n) is 5.88. The van der Waals surface area contributed by atoms with Crippen molar-refractivity contribution in [2.75, 3.05) is 18.5 Å². The molecule has 0 bridgehead atoms. The van der Waals surface area contributed by atoms with Gasteiger partial charge in [0.05, 0.1) is 0 Å². The van der Waals surface area contributed by atoms with E-state index >= 15 is 0 Å². The third-order valence-corrected chi connectivity index (χ3v) is 2.67. The molecule has 0 fully saturated rings. The van der Waals surface area contributed by atoms with E-state index in [9.17, 15) is 4.79 Å². The molecule has 0 aromatic heterocycles. The van der Waals surface area contributed by atoms with E-state index in [1.165, 1.54) is 0 Å². The van der Waals surface area contributed by atoms with E-state index < -0.39 is 0 Å². The zero-order valence-electron chi connectivity index (χ0n) is 10.1. The van der Waals surface area contributed by atoms with Crippen LogP contribution in [-0.4, -0.2) is 24.2 Å². The molecule has 1 rings (SSSR count). The van der Waals surface area contributed by atoms with E-state index in [0.29, 0.717) is 19.4 Å².